The van der Waals surface area contributed by atoms with Crippen LogP contribution < -0.4 is 21.1 Å². The topological polar surface area (TPSA) is 75.1 Å². The number of hydrogen-bond acceptors (Lipinski definition) is 6. The molecule has 170 valence electrons. The molecular formula is C25H34N6O. The van der Waals surface area contributed by atoms with Gasteiger partial charge in [-0.15, -0.1) is 0 Å². The Balaban J connectivity index is 1.55. The molecule has 0 bridgehead atoms. The molecule has 1 aliphatic heterocycles. The highest BCUT2D eigenvalue weighted by Gasteiger charge is 2.13. The molecular weight excluding hydrogens is 400 g/mol. The maximum Gasteiger partial charge on any atom is 0.252 e. The number of fused-ring (bicyclic) bond motifs is 1. The molecule has 2 aromatic heterocycles. The zero-order chi connectivity index (χ0) is 22.3. The van der Waals surface area contributed by atoms with Crippen molar-refractivity contribution in [2.24, 2.45) is 5.92 Å². The Morgan fingerprint density at radius 1 is 1.09 bits per heavy atom. The summed E-state index contributed by atoms with van der Waals surface area (Å²) in [7, 11) is 0. The van der Waals surface area contributed by atoms with Gasteiger partial charge in [0, 0.05) is 61.7 Å². The van der Waals surface area contributed by atoms with Gasteiger partial charge in [-0.2, -0.15) is 4.98 Å². The second kappa shape index (κ2) is 10.6. The summed E-state index contributed by atoms with van der Waals surface area (Å²) in [6, 6.07) is 11.8. The molecule has 1 aromatic carbocycles. The van der Waals surface area contributed by atoms with Crippen molar-refractivity contribution in [2.45, 2.75) is 46.1 Å². The predicted octanol–water partition coefficient (Wildman–Crippen LogP) is 4.16. The average molecular weight is 435 g/mol. The van der Waals surface area contributed by atoms with Crippen molar-refractivity contribution in [1.82, 2.24) is 19.9 Å². The summed E-state index contributed by atoms with van der Waals surface area (Å²) < 4.78 is 1.82. The lowest BCUT2D eigenvalue weighted by molar-refractivity contribution is 0.390. The number of rotatable bonds is 9. The molecule has 1 aliphatic rings. The molecule has 1 unspecified atom stereocenters. The fraction of sp³-hybridized carbons (Fsp3) is 0.480. The molecule has 7 heteroatoms. The predicted molar refractivity (Wildman–Crippen MR) is 132 cm³/mol. The van der Waals surface area contributed by atoms with Crippen molar-refractivity contribution < 1.29 is 0 Å². The fourth-order valence-corrected chi connectivity index (χ4v) is 4.29. The normalized spacial score (nSPS) is 15.1. The SMILES string of the molecule is CCCCC(CC)Cn1c(=O)ccc2cnc(Nc3ccc(N4CCNCC4)cc3)nc21. The third kappa shape index (κ3) is 5.27. The molecule has 2 N–H and O–H groups in total. The summed E-state index contributed by atoms with van der Waals surface area (Å²) in [5.41, 5.74) is 2.85. The van der Waals surface area contributed by atoms with Crippen molar-refractivity contribution in [3.8, 4) is 0 Å². The Hall–Kier alpha value is -2.93. The molecule has 0 radical (unpaired) electrons. The van der Waals surface area contributed by atoms with Crippen LogP contribution in [0, 0.1) is 5.92 Å². The van der Waals surface area contributed by atoms with E-state index in [2.05, 4.69) is 58.6 Å². The van der Waals surface area contributed by atoms with Crippen LogP contribution in [-0.4, -0.2) is 40.7 Å². The zero-order valence-electron chi connectivity index (χ0n) is 19.2. The van der Waals surface area contributed by atoms with Crippen LogP contribution in [0.4, 0.5) is 17.3 Å². The summed E-state index contributed by atoms with van der Waals surface area (Å²) >= 11 is 0. The van der Waals surface area contributed by atoms with E-state index in [1.54, 1.807) is 12.3 Å². The van der Waals surface area contributed by atoms with Crippen molar-refractivity contribution in [3.05, 3.63) is 52.9 Å². The van der Waals surface area contributed by atoms with Gasteiger partial charge < -0.3 is 15.5 Å². The molecule has 1 atom stereocenters. The summed E-state index contributed by atoms with van der Waals surface area (Å²) in [6.07, 6.45) is 6.33. The van der Waals surface area contributed by atoms with Gasteiger partial charge in [0.25, 0.3) is 5.56 Å². The van der Waals surface area contributed by atoms with E-state index in [1.807, 2.05) is 10.6 Å². The van der Waals surface area contributed by atoms with E-state index in [0.717, 1.165) is 50.1 Å². The maximum absolute atomic E-state index is 12.7. The first-order valence-corrected chi connectivity index (χ1v) is 11.9. The third-order valence-electron chi connectivity index (χ3n) is 6.31. The van der Waals surface area contributed by atoms with E-state index in [1.165, 1.54) is 18.5 Å². The lowest BCUT2D eigenvalue weighted by Crippen LogP contribution is -2.43. The van der Waals surface area contributed by atoms with Gasteiger partial charge in [-0.25, -0.2) is 4.98 Å². The smallest absolute Gasteiger partial charge is 0.252 e. The number of aromatic nitrogens is 3. The monoisotopic (exact) mass is 434 g/mol. The van der Waals surface area contributed by atoms with Crippen LogP contribution in [0.2, 0.25) is 0 Å². The Morgan fingerprint density at radius 3 is 2.59 bits per heavy atom. The number of nitrogens with one attached hydrogen (secondary N) is 2. The van der Waals surface area contributed by atoms with Gasteiger partial charge in [0.05, 0.1) is 0 Å². The molecule has 1 fully saturated rings. The highest BCUT2D eigenvalue weighted by Crippen LogP contribution is 2.22. The van der Waals surface area contributed by atoms with E-state index < -0.39 is 0 Å². The summed E-state index contributed by atoms with van der Waals surface area (Å²) in [6.45, 7) is 9.18. The van der Waals surface area contributed by atoms with Gasteiger partial charge in [0.1, 0.15) is 5.65 Å². The number of unbranched alkanes of at least 4 members (excludes halogenated alkanes) is 1. The average Bonchev–Trinajstić information content (AvgIpc) is 2.84. The Kier molecular flexibility index (Phi) is 7.37. The second-order valence-corrected chi connectivity index (χ2v) is 8.58. The van der Waals surface area contributed by atoms with E-state index in [0.29, 0.717) is 24.1 Å². The largest absolute Gasteiger partial charge is 0.369 e. The Labute approximate surface area is 189 Å². The van der Waals surface area contributed by atoms with E-state index in [-0.39, 0.29) is 5.56 Å². The lowest BCUT2D eigenvalue weighted by atomic mass is 9.99. The van der Waals surface area contributed by atoms with Crippen LogP contribution in [0.1, 0.15) is 39.5 Å². The van der Waals surface area contributed by atoms with Crippen LogP contribution >= 0.6 is 0 Å². The molecule has 7 nitrogen and oxygen atoms in total. The number of anilines is 3. The van der Waals surface area contributed by atoms with Gasteiger partial charge >= 0.3 is 0 Å². The highest BCUT2D eigenvalue weighted by atomic mass is 16.1. The summed E-state index contributed by atoms with van der Waals surface area (Å²) in [5, 5.41) is 7.57. The second-order valence-electron chi connectivity index (χ2n) is 8.58. The minimum absolute atomic E-state index is 0.00234. The van der Waals surface area contributed by atoms with Crippen molar-refractivity contribution in [1.29, 1.82) is 0 Å². The minimum Gasteiger partial charge on any atom is -0.369 e. The Bertz CT molecular complexity index is 1070. The van der Waals surface area contributed by atoms with E-state index >= 15 is 0 Å². The van der Waals surface area contributed by atoms with Gasteiger partial charge in [-0.1, -0.05) is 33.1 Å². The fourth-order valence-electron chi connectivity index (χ4n) is 4.29. The minimum atomic E-state index is -0.00234. The van der Waals surface area contributed by atoms with Gasteiger partial charge in [0.15, 0.2) is 0 Å². The molecule has 3 aromatic rings. The number of pyridine rings is 1. The Morgan fingerprint density at radius 2 is 1.88 bits per heavy atom. The summed E-state index contributed by atoms with van der Waals surface area (Å²) in [4.78, 5) is 24.3. The van der Waals surface area contributed by atoms with E-state index in [9.17, 15) is 4.79 Å². The number of nitrogens with zero attached hydrogens (tertiary/aromatic N) is 4. The molecule has 3 heterocycles. The van der Waals surface area contributed by atoms with Gasteiger partial charge in [0.2, 0.25) is 5.95 Å². The molecule has 1 saturated heterocycles. The maximum atomic E-state index is 12.7. The lowest BCUT2D eigenvalue weighted by Gasteiger charge is -2.29. The first-order chi connectivity index (χ1) is 15.7. The van der Waals surface area contributed by atoms with Crippen LogP contribution in [0.15, 0.2) is 47.4 Å². The quantitative estimate of drug-likeness (QED) is 0.527. The highest BCUT2D eigenvalue weighted by molar-refractivity contribution is 5.75. The molecule has 4 rings (SSSR count). The number of benzene rings is 1. The van der Waals surface area contributed by atoms with Crippen molar-refractivity contribution in [3.63, 3.8) is 0 Å². The van der Waals surface area contributed by atoms with Crippen LogP contribution in [0.5, 0.6) is 0 Å². The van der Waals surface area contributed by atoms with Crippen LogP contribution in [0.3, 0.4) is 0 Å². The zero-order valence-corrected chi connectivity index (χ0v) is 19.2. The number of hydrogen-bond donors (Lipinski definition) is 2. The molecule has 32 heavy (non-hydrogen) atoms. The first kappa shape index (κ1) is 22.3. The van der Waals surface area contributed by atoms with Crippen molar-refractivity contribution in [2.75, 3.05) is 36.4 Å². The molecule has 0 aliphatic carbocycles. The van der Waals surface area contributed by atoms with Gasteiger partial charge in [-0.3, -0.25) is 9.36 Å². The summed E-state index contributed by atoms with van der Waals surface area (Å²) in [5.74, 6) is 0.982. The number of piperazine rings is 1. The molecule has 0 saturated carbocycles. The van der Waals surface area contributed by atoms with Gasteiger partial charge in [-0.05, 0) is 42.7 Å². The first-order valence-electron chi connectivity index (χ1n) is 11.9. The standard InChI is InChI=1S/C25H34N6O/c1-3-5-6-19(4-2)18-31-23(32)12-7-20-17-27-25(29-24(20)31)28-21-8-10-22(11-9-21)30-15-13-26-14-16-30/h7-12,17,19,26H,3-6,13-16,18H2,1-2H3,(H,27,28,29). The van der Waals surface area contributed by atoms with Crippen molar-refractivity contribution >= 4 is 28.4 Å². The molecule has 0 spiro atoms. The third-order valence-corrected chi connectivity index (χ3v) is 6.31. The van der Waals surface area contributed by atoms with E-state index in [4.69, 9.17) is 4.98 Å². The van der Waals surface area contributed by atoms with Crippen LogP contribution in [-0.2, 0) is 6.54 Å². The molecule has 0 amide bonds. The van der Waals surface area contributed by atoms with Crippen LogP contribution in [0.25, 0.3) is 11.0 Å².